The number of anilines is 2. The first-order valence-corrected chi connectivity index (χ1v) is 8.03. The number of fused-ring (bicyclic) bond motifs is 1. The number of rotatable bonds is 4. The van der Waals surface area contributed by atoms with Gasteiger partial charge in [-0.15, -0.1) is 0 Å². The summed E-state index contributed by atoms with van der Waals surface area (Å²) in [6.45, 7) is 8.81. The van der Waals surface area contributed by atoms with Crippen LogP contribution in [0.25, 0.3) is 10.9 Å². The lowest BCUT2D eigenvalue weighted by molar-refractivity contribution is 0.811. The highest BCUT2D eigenvalue weighted by Gasteiger charge is 2.12. The summed E-state index contributed by atoms with van der Waals surface area (Å²) in [6.07, 6.45) is 3.46. The number of benzene rings is 1. The predicted molar refractivity (Wildman–Crippen MR) is 95.2 cm³/mol. The molecule has 0 aliphatic carbocycles. The molecular weight excluding hydrogens is 284 g/mol. The molecule has 0 unspecified atom stereocenters. The van der Waals surface area contributed by atoms with E-state index in [-0.39, 0.29) is 0 Å². The fourth-order valence-corrected chi connectivity index (χ4v) is 2.62. The molecule has 4 heteroatoms. The maximum atomic E-state index is 4.81. The van der Waals surface area contributed by atoms with Crippen LogP contribution in [0.15, 0.2) is 42.7 Å². The second kappa shape index (κ2) is 6.32. The molecule has 0 radical (unpaired) electrons. The van der Waals surface area contributed by atoms with Gasteiger partial charge in [0, 0.05) is 29.2 Å². The fraction of sp³-hybridized carbons (Fsp3) is 0.316. The third kappa shape index (κ3) is 3.31. The van der Waals surface area contributed by atoms with Crippen LogP contribution in [-0.2, 0) is 0 Å². The number of hydrogen-bond acceptors (Lipinski definition) is 4. The molecular formula is C19H22N4. The molecule has 23 heavy (non-hydrogen) atoms. The first-order valence-electron chi connectivity index (χ1n) is 8.03. The zero-order valence-electron chi connectivity index (χ0n) is 14.0. The predicted octanol–water partition coefficient (Wildman–Crippen LogP) is 5.02. The maximum absolute atomic E-state index is 4.81. The minimum atomic E-state index is 0.424. The van der Waals surface area contributed by atoms with E-state index in [2.05, 4.69) is 61.2 Å². The van der Waals surface area contributed by atoms with E-state index < -0.39 is 0 Å². The molecule has 0 aliphatic heterocycles. The third-order valence-electron chi connectivity index (χ3n) is 3.90. The van der Waals surface area contributed by atoms with Crippen LogP contribution in [-0.4, -0.2) is 15.0 Å². The van der Waals surface area contributed by atoms with Gasteiger partial charge in [0.15, 0.2) is 0 Å². The van der Waals surface area contributed by atoms with E-state index >= 15 is 0 Å². The SMILES string of the molecule is CC(C)c1cc(C(C)C)c2cc(Nc3ncccn3)ccc2n1. The van der Waals surface area contributed by atoms with Crippen molar-refractivity contribution in [3.63, 3.8) is 0 Å². The zero-order valence-corrected chi connectivity index (χ0v) is 14.0. The van der Waals surface area contributed by atoms with E-state index in [1.807, 2.05) is 6.07 Å². The summed E-state index contributed by atoms with van der Waals surface area (Å²) in [5, 5.41) is 4.44. The Kier molecular flexibility index (Phi) is 4.24. The average molecular weight is 306 g/mol. The van der Waals surface area contributed by atoms with E-state index in [1.165, 1.54) is 10.9 Å². The molecule has 2 aromatic heterocycles. The van der Waals surface area contributed by atoms with Crippen molar-refractivity contribution in [3.8, 4) is 0 Å². The fourth-order valence-electron chi connectivity index (χ4n) is 2.62. The second-order valence-electron chi connectivity index (χ2n) is 6.38. The van der Waals surface area contributed by atoms with Crippen molar-refractivity contribution in [1.29, 1.82) is 0 Å². The zero-order chi connectivity index (χ0) is 16.4. The minimum absolute atomic E-state index is 0.424. The molecule has 0 fully saturated rings. The Hall–Kier alpha value is -2.49. The molecule has 0 atom stereocenters. The van der Waals surface area contributed by atoms with Crippen LogP contribution in [0.1, 0.15) is 50.8 Å². The summed E-state index contributed by atoms with van der Waals surface area (Å²) >= 11 is 0. The van der Waals surface area contributed by atoms with Crippen molar-refractivity contribution in [1.82, 2.24) is 15.0 Å². The molecule has 1 N–H and O–H groups in total. The number of aromatic nitrogens is 3. The lowest BCUT2D eigenvalue weighted by atomic mass is 9.95. The van der Waals surface area contributed by atoms with Gasteiger partial charge in [-0.3, -0.25) is 4.98 Å². The number of pyridine rings is 1. The second-order valence-corrected chi connectivity index (χ2v) is 6.38. The van der Waals surface area contributed by atoms with E-state index in [0.29, 0.717) is 17.8 Å². The molecule has 0 bridgehead atoms. The van der Waals surface area contributed by atoms with Crippen molar-refractivity contribution >= 4 is 22.5 Å². The van der Waals surface area contributed by atoms with Crippen LogP contribution in [0, 0.1) is 0 Å². The van der Waals surface area contributed by atoms with E-state index in [0.717, 1.165) is 16.9 Å². The number of hydrogen-bond donors (Lipinski definition) is 1. The molecule has 0 saturated carbocycles. The largest absolute Gasteiger partial charge is 0.324 e. The summed E-state index contributed by atoms with van der Waals surface area (Å²) < 4.78 is 0. The van der Waals surface area contributed by atoms with Crippen LogP contribution in [0.5, 0.6) is 0 Å². The molecule has 118 valence electrons. The first-order chi connectivity index (χ1) is 11.0. The van der Waals surface area contributed by atoms with Gasteiger partial charge in [-0.25, -0.2) is 9.97 Å². The lowest BCUT2D eigenvalue weighted by Crippen LogP contribution is -2.00. The Morgan fingerprint density at radius 1 is 0.913 bits per heavy atom. The number of nitrogens with zero attached hydrogens (tertiary/aromatic N) is 3. The normalized spacial score (nSPS) is 11.4. The van der Waals surface area contributed by atoms with Crippen molar-refractivity contribution in [2.24, 2.45) is 0 Å². The third-order valence-corrected chi connectivity index (χ3v) is 3.90. The highest BCUT2D eigenvalue weighted by atomic mass is 15.1. The summed E-state index contributed by atoms with van der Waals surface area (Å²) in [6, 6.07) is 10.3. The Balaban J connectivity index is 2.08. The van der Waals surface area contributed by atoms with E-state index in [9.17, 15) is 0 Å². The Labute approximate surface area is 137 Å². The van der Waals surface area contributed by atoms with Gasteiger partial charge in [0.2, 0.25) is 5.95 Å². The Bertz CT molecular complexity index is 810. The van der Waals surface area contributed by atoms with Crippen molar-refractivity contribution in [3.05, 3.63) is 54.0 Å². The maximum Gasteiger partial charge on any atom is 0.227 e. The van der Waals surface area contributed by atoms with Gasteiger partial charge in [0.1, 0.15) is 0 Å². The Morgan fingerprint density at radius 3 is 2.30 bits per heavy atom. The lowest BCUT2D eigenvalue weighted by Gasteiger charge is -2.15. The summed E-state index contributed by atoms with van der Waals surface area (Å²) in [4.78, 5) is 13.2. The van der Waals surface area contributed by atoms with Crippen LogP contribution >= 0.6 is 0 Å². The van der Waals surface area contributed by atoms with E-state index in [4.69, 9.17) is 4.98 Å². The molecule has 2 heterocycles. The molecule has 3 aromatic rings. The molecule has 4 nitrogen and oxygen atoms in total. The molecule has 0 spiro atoms. The topological polar surface area (TPSA) is 50.7 Å². The van der Waals surface area contributed by atoms with E-state index in [1.54, 1.807) is 18.5 Å². The highest BCUT2D eigenvalue weighted by molar-refractivity contribution is 5.86. The van der Waals surface area contributed by atoms with Gasteiger partial charge in [-0.05, 0) is 47.7 Å². The Morgan fingerprint density at radius 2 is 1.65 bits per heavy atom. The molecule has 0 saturated heterocycles. The summed E-state index contributed by atoms with van der Waals surface area (Å²) in [7, 11) is 0. The molecule has 0 aliphatic rings. The van der Waals surface area contributed by atoms with Crippen molar-refractivity contribution < 1.29 is 0 Å². The van der Waals surface area contributed by atoms with Crippen LogP contribution in [0.2, 0.25) is 0 Å². The monoisotopic (exact) mass is 306 g/mol. The van der Waals surface area contributed by atoms with Gasteiger partial charge >= 0.3 is 0 Å². The van der Waals surface area contributed by atoms with Gasteiger partial charge in [0.25, 0.3) is 0 Å². The number of nitrogens with one attached hydrogen (secondary N) is 1. The first kappa shape index (κ1) is 15.4. The van der Waals surface area contributed by atoms with Gasteiger partial charge < -0.3 is 5.32 Å². The van der Waals surface area contributed by atoms with Gasteiger partial charge in [-0.1, -0.05) is 27.7 Å². The molecule has 3 rings (SSSR count). The van der Waals surface area contributed by atoms with Crippen molar-refractivity contribution in [2.45, 2.75) is 39.5 Å². The van der Waals surface area contributed by atoms with Crippen LogP contribution < -0.4 is 5.32 Å². The van der Waals surface area contributed by atoms with Crippen molar-refractivity contribution in [2.75, 3.05) is 5.32 Å². The smallest absolute Gasteiger partial charge is 0.227 e. The standard InChI is InChI=1S/C19H22N4/c1-12(2)15-11-18(13(3)4)23-17-7-6-14(10-16(15)17)22-19-20-8-5-9-21-19/h5-13H,1-4H3,(H,20,21,22). The summed E-state index contributed by atoms with van der Waals surface area (Å²) in [5.41, 5.74) is 4.49. The van der Waals surface area contributed by atoms with Gasteiger partial charge in [-0.2, -0.15) is 0 Å². The minimum Gasteiger partial charge on any atom is -0.324 e. The average Bonchev–Trinajstić information content (AvgIpc) is 2.54. The van der Waals surface area contributed by atoms with Crippen LogP contribution in [0.4, 0.5) is 11.6 Å². The van der Waals surface area contributed by atoms with Crippen LogP contribution in [0.3, 0.4) is 0 Å². The van der Waals surface area contributed by atoms with Gasteiger partial charge in [0.05, 0.1) is 5.52 Å². The summed E-state index contributed by atoms with van der Waals surface area (Å²) in [5.74, 6) is 1.47. The molecule has 1 aromatic carbocycles. The molecule has 0 amide bonds. The quantitative estimate of drug-likeness (QED) is 0.735. The highest BCUT2D eigenvalue weighted by Crippen LogP contribution is 2.30.